The second-order valence-electron chi connectivity index (χ2n) is 14.0. The van der Waals surface area contributed by atoms with Crippen LogP contribution in [-0.4, -0.2) is 124 Å². The molecular formula is C32H44N2O10. The van der Waals surface area contributed by atoms with Crippen LogP contribution in [0.2, 0.25) is 0 Å². The van der Waals surface area contributed by atoms with Crippen LogP contribution in [-0.2, 0) is 23.7 Å². The van der Waals surface area contributed by atoms with Gasteiger partial charge in [-0.1, -0.05) is 19.1 Å². The molecule has 1 aliphatic heterocycles. The number of likely N-dealkylation sites (tertiary alicyclic amines) is 1. The highest BCUT2D eigenvalue weighted by Gasteiger charge is 2.98. The Bertz CT molecular complexity index is 1390. The van der Waals surface area contributed by atoms with Crippen molar-refractivity contribution in [1.82, 2.24) is 4.90 Å². The molecule has 12 atom stereocenters. The number of piperidine rings is 1. The molecule has 0 aromatic heterocycles. The van der Waals surface area contributed by atoms with Crippen LogP contribution in [0.3, 0.4) is 0 Å². The summed E-state index contributed by atoms with van der Waals surface area (Å²) in [6.45, 7) is 3.95. The molecule has 242 valence electrons. The van der Waals surface area contributed by atoms with E-state index in [9.17, 15) is 30.0 Å². The van der Waals surface area contributed by atoms with Crippen LogP contribution in [0.15, 0.2) is 24.3 Å². The zero-order chi connectivity index (χ0) is 31.7. The molecule has 12 heteroatoms. The van der Waals surface area contributed by atoms with Crippen molar-refractivity contribution in [3.63, 3.8) is 0 Å². The molecule has 1 amide bonds. The summed E-state index contributed by atoms with van der Waals surface area (Å²) in [6.07, 6.45) is -1.63. The molecule has 1 aromatic carbocycles. The van der Waals surface area contributed by atoms with Gasteiger partial charge in [-0.05, 0) is 44.4 Å². The van der Waals surface area contributed by atoms with E-state index in [-0.39, 0.29) is 37.3 Å². The number of anilines is 1. The van der Waals surface area contributed by atoms with Crippen molar-refractivity contribution < 1.29 is 49.0 Å². The first-order chi connectivity index (χ1) is 20.8. The predicted molar refractivity (Wildman–Crippen MR) is 155 cm³/mol. The van der Waals surface area contributed by atoms with Crippen molar-refractivity contribution in [1.29, 1.82) is 0 Å². The van der Waals surface area contributed by atoms with E-state index in [4.69, 9.17) is 18.9 Å². The minimum Gasteiger partial charge on any atom is -0.454 e. The Labute approximate surface area is 256 Å². The zero-order valence-electron chi connectivity index (χ0n) is 25.9. The summed E-state index contributed by atoms with van der Waals surface area (Å²) < 4.78 is 24.5. The molecule has 12 nitrogen and oxygen atoms in total. The Morgan fingerprint density at radius 3 is 2.36 bits per heavy atom. The number of ether oxygens (including phenoxy) is 4. The summed E-state index contributed by atoms with van der Waals surface area (Å²) in [5.74, 6) is -2.15. The summed E-state index contributed by atoms with van der Waals surface area (Å²) in [7, 11) is 4.52. The third-order valence-electron chi connectivity index (χ3n) is 12.8. The number of aliphatic hydroxyl groups is 4. The van der Waals surface area contributed by atoms with E-state index in [1.165, 1.54) is 21.1 Å². The van der Waals surface area contributed by atoms with Crippen LogP contribution in [0, 0.1) is 17.3 Å². The molecule has 1 aromatic rings. The standard InChI is InChI=1S/C32H44N2O10/c1-6-34-16-27(44-25(36)18-9-7-8-10-20(18)33-17(2)35)12-11-23(42-4)31-22(27)15-28(37,26(31)34)29(38)14-21(41-3)19-13-30(31,39)32(29,40)24(19)43-5/h7-10,19,21-24,26,37-40H,6,11-16H2,1-5H3,(H,33,35)/t19-,21+,22-,23+,24+,26-,27-,28+,29+,30-,31+,32+/m1/s1. The molecule has 5 aliphatic carbocycles. The number of carbonyl (C=O) groups is 2. The Kier molecular flexibility index (Phi) is 6.55. The van der Waals surface area contributed by atoms with Crippen LogP contribution in [0.4, 0.5) is 5.69 Å². The number of esters is 1. The van der Waals surface area contributed by atoms with Gasteiger partial charge < -0.3 is 44.7 Å². The molecule has 0 unspecified atom stereocenters. The summed E-state index contributed by atoms with van der Waals surface area (Å²) in [6, 6.07) is 5.79. The number of fused-ring (bicyclic) bond motifs is 2. The van der Waals surface area contributed by atoms with Gasteiger partial charge in [0, 0.05) is 53.1 Å². The second kappa shape index (κ2) is 9.45. The average molecular weight is 617 g/mol. The van der Waals surface area contributed by atoms with E-state index >= 15 is 0 Å². The first-order valence-electron chi connectivity index (χ1n) is 15.6. The first kappa shape index (κ1) is 30.5. The number of methoxy groups -OCH3 is 3. The maximum absolute atomic E-state index is 14.1. The van der Waals surface area contributed by atoms with Crippen LogP contribution in [0.25, 0.3) is 0 Å². The Hall–Kier alpha value is -2.16. The molecular weight excluding hydrogens is 572 g/mol. The van der Waals surface area contributed by atoms with E-state index < -0.39 is 75.6 Å². The lowest BCUT2D eigenvalue weighted by atomic mass is 9.41. The van der Waals surface area contributed by atoms with E-state index in [0.29, 0.717) is 25.1 Å². The lowest BCUT2D eigenvalue weighted by Crippen LogP contribution is -2.93. The van der Waals surface area contributed by atoms with Crippen molar-refractivity contribution in [3.8, 4) is 0 Å². The normalized spacial score (nSPS) is 49.9. The van der Waals surface area contributed by atoms with Gasteiger partial charge in [0.05, 0.1) is 41.0 Å². The monoisotopic (exact) mass is 616 g/mol. The molecule has 5 N–H and O–H groups in total. The minimum atomic E-state index is -2.27. The molecule has 1 heterocycles. The number of nitrogens with zero attached hydrogens (tertiary/aromatic N) is 1. The van der Waals surface area contributed by atoms with Gasteiger partial charge >= 0.3 is 5.97 Å². The highest BCUT2D eigenvalue weighted by Crippen LogP contribution is 2.81. The van der Waals surface area contributed by atoms with Gasteiger partial charge in [-0.15, -0.1) is 0 Å². The van der Waals surface area contributed by atoms with Crippen molar-refractivity contribution in [2.24, 2.45) is 17.3 Å². The van der Waals surface area contributed by atoms with Gasteiger partial charge in [-0.25, -0.2) is 4.79 Å². The Balaban J connectivity index is 1.44. The second-order valence-corrected chi connectivity index (χ2v) is 14.0. The summed E-state index contributed by atoms with van der Waals surface area (Å²) >= 11 is 0. The average Bonchev–Trinajstić information content (AvgIpc) is 3.34. The lowest BCUT2D eigenvalue weighted by Gasteiger charge is -2.74. The van der Waals surface area contributed by atoms with Crippen LogP contribution in [0.5, 0.6) is 0 Å². The maximum Gasteiger partial charge on any atom is 0.340 e. The van der Waals surface area contributed by atoms with Crippen LogP contribution in [0.1, 0.15) is 56.3 Å². The summed E-state index contributed by atoms with van der Waals surface area (Å²) in [5, 5.41) is 54.7. The topological polar surface area (TPSA) is 167 Å². The Morgan fingerprint density at radius 2 is 1.73 bits per heavy atom. The molecule has 0 radical (unpaired) electrons. The Morgan fingerprint density at radius 1 is 1.00 bits per heavy atom. The molecule has 7 rings (SSSR count). The fourth-order valence-corrected chi connectivity index (χ4v) is 11.6. The maximum atomic E-state index is 14.1. The van der Waals surface area contributed by atoms with Gasteiger partial charge in [0.15, 0.2) is 5.60 Å². The smallest absolute Gasteiger partial charge is 0.340 e. The number of rotatable bonds is 7. The van der Waals surface area contributed by atoms with Crippen LogP contribution < -0.4 is 5.32 Å². The molecule has 5 saturated carbocycles. The van der Waals surface area contributed by atoms with Crippen molar-refractivity contribution >= 4 is 17.6 Å². The quantitative estimate of drug-likeness (QED) is 0.270. The highest BCUT2D eigenvalue weighted by molar-refractivity contribution is 6.00. The van der Waals surface area contributed by atoms with Gasteiger partial charge in [0.1, 0.15) is 22.4 Å². The zero-order valence-corrected chi connectivity index (χ0v) is 25.9. The van der Waals surface area contributed by atoms with Gasteiger partial charge in [0.2, 0.25) is 5.91 Å². The third-order valence-corrected chi connectivity index (χ3v) is 12.8. The summed E-state index contributed by atoms with van der Waals surface area (Å²) in [4.78, 5) is 28.0. The van der Waals surface area contributed by atoms with E-state index in [0.717, 1.165) is 0 Å². The largest absolute Gasteiger partial charge is 0.454 e. The number of benzene rings is 1. The third kappa shape index (κ3) is 3.07. The van der Waals surface area contributed by atoms with Crippen LogP contribution >= 0.6 is 0 Å². The number of carbonyl (C=O) groups excluding carboxylic acids is 2. The van der Waals surface area contributed by atoms with Crippen molar-refractivity contribution in [2.75, 3.05) is 39.7 Å². The lowest BCUT2D eigenvalue weighted by molar-refractivity contribution is -0.408. The molecule has 1 spiro atoms. The first-order valence-corrected chi connectivity index (χ1v) is 15.6. The fraction of sp³-hybridized carbons (Fsp3) is 0.750. The molecule has 44 heavy (non-hydrogen) atoms. The SMILES string of the molecule is CCN1C[C@]2(OC(=O)c3ccccc3NC(C)=O)CC[C@H](OC)[C@@]34[C@@H]2C[C@](O)([C@@H]13)[C@@]1(O)C[C@H](OC)[C@H]2C[C@]4(O)[C@]1(O)[C@H]2OC. The molecule has 1 saturated heterocycles. The van der Waals surface area contributed by atoms with E-state index in [1.807, 2.05) is 11.8 Å². The number of amides is 1. The number of hydrogen-bond donors (Lipinski definition) is 5. The summed E-state index contributed by atoms with van der Waals surface area (Å²) in [5.41, 5.74) is -10.5. The van der Waals surface area contributed by atoms with E-state index in [2.05, 4.69) is 5.32 Å². The highest BCUT2D eigenvalue weighted by atomic mass is 16.6. The number of nitrogens with one attached hydrogen (secondary N) is 1. The minimum absolute atomic E-state index is 0.0404. The fourth-order valence-electron chi connectivity index (χ4n) is 11.6. The number of likely N-dealkylation sites (N-methyl/N-ethyl adjacent to an activating group) is 1. The predicted octanol–water partition coefficient (Wildman–Crippen LogP) is 0.451. The molecule has 6 fully saturated rings. The number of hydrogen-bond acceptors (Lipinski definition) is 11. The van der Waals surface area contributed by atoms with Crippen molar-refractivity contribution in [2.45, 2.75) is 98.3 Å². The van der Waals surface area contributed by atoms with Gasteiger partial charge in [0.25, 0.3) is 0 Å². The number of para-hydroxylation sites is 1. The van der Waals surface area contributed by atoms with Gasteiger partial charge in [-0.3, -0.25) is 9.69 Å². The molecule has 7 bridgehead atoms. The van der Waals surface area contributed by atoms with Gasteiger partial charge in [-0.2, -0.15) is 0 Å². The molecule has 6 aliphatic rings. The van der Waals surface area contributed by atoms with Crippen molar-refractivity contribution in [3.05, 3.63) is 29.8 Å². The van der Waals surface area contributed by atoms with E-state index in [1.54, 1.807) is 31.4 Å².